The second-order valence-corrected chi connectivity index (χ2v) is 9.22. The van der Waals surface area contributed by atoms with Crippen LogP contribution >= 0.6 is 12.2 Å². The van der Waals surface area contributed by atoms with E-state index >= 15 is 0 Å². The zero-order valence-corrected chi connectivity index (χ0v) is 21.4. The van der Waals surface area contributed by atoms with E-state index in [9.17, 15) is 0 Å². The van der Waals surface area contributed by atoms with Gasteiger partial charge in [0.25, 0.3) is 5.89 Å². The van der Waals surface area contributed by atoms with Gasteiger partial charge in [0.1, 0.15) is 5.75 Å². The number of benzene rings is 3. The number of ether oxygens (including phenoxy) is 1. The molecule has 1 aliphatic rings. The van der Waals surface area contributed by atoms with E-state index in [1.165, 1.54) is 11.1 Å². The summed E-state index contributed by atoms with van der Waals surface area (Å²) in [4.78, 5) is 6.92. The van der Waals surface area contributed by atoms with Crippen molar-refractivity contribution in [3.63, 3.8) is 0 Å². The van der Waals surface area contributed by atoms with Gasteiger partial charge < -0.3 is 19.5 Å². The molecule has 0 saturated heterocycles. The molecule has 1 aromatic heterocycles. The molecule has 0 fully saturated rings. The topological polar surface area (TPSA) is 63.4 Å². The van der Waals surface area contributed by atoms with E-state index in [1.807, 2.05) is 54.6 Å². The van der Waals surface area contributed by atoms with Gasteiger partial charge >= 0.3 is 0 Å². The summed E-state index contributed by atoms with van der Waals surface area (Å²) in [6.45, 7) is 4.86. The largest absolute Gasteiger partial charge is 0.497 e. The van der Waals surface area contributed by atoms with Gasteiger partial charge in [-0.3, -0.25) is 0 Å². The maximum atomic E-state index is 5.85. The quantitative estimate of drug-likeness (QED) is 0.317. The van der Waals surface area contributed by atoms with Crippen molar-refractivity contribution >= 4 is 22.9 Å². The molecule has 0 radical (unpaired) electrons. The van der Waals surface area contributed by atoms with Crippen LogP contribution in [0.25, 0.3) is 17.0 Å². The highest BCUT2D eigenvalue weighted by atomic mass is 32.1. The van der Waals surface area contributed by atoms with Crippen LogP contribution in [-0.4, -0.2) is 33.8 Å². The third-order valence-electron chi connectivity index (χ3n) is 6.48. The third kappa shape index (κ3) is 4.88. The molecule has 36 heavy (non-hydrogen) atoms. The summed E-state index contributed by atoms with van der Waals surface area (Å²) in [5, 5.41) is 8.49. The summed E-state index contributed by atoms with van der Waals surface area (Å²) < 4.78 is 11.2. The standard InChI is InChI=1S/C29H28N4O2S/c1-19-9-11-23(12-10-19)27-31-28(35-32-27)25-20(2)33(18-17-21-7-5-4-6-8-21)29(36)30-26(25)22-13-15-24(34-3)16-14-22/h4-16,26H,17-18H2,1-3H3,(H,30,36). The lowest BCUT2D eigenvalue weighted by Gasteiger charge is -2.37. The molecule has 0 spiro atoms. The van der Waals surface area contributed by atoms with E-state index in [2.05, 4.69) is 53.5 Å². The summed E-state index contributed by atoms with van der Waals surface area (Å²) in [6.07, 6.45) is 0.860. The third-order valence-corrected chi connectivity index (χ3v) is 6.82. The van der Waals surface area contributed by atoms with Gasteiger partial charge in [0, 0.05) is 17.8 Å². The van der Waals surface area contributed by atoms with Crippen LogP contribution in [0, 0.1) is 6.92 Å². The van der Waals surface area contributed by atoms with Crippen molar-refractivity contribution in [2.24, 2.45) is 0 Å². The zero-order valence-electron chi connectivity index (χ0n) is 20.6. The van der Waals surface area contributed by atoms with Crippen molar-refractivity contribution in [2.75, 3.05) is 13.7 Å². The number of thiocarbonyl (C=S) groups is 1. The van der Waals surface area contributed by atoms with Crippen molar-refractivity contribution in [3.05, 3.63) is 107 Å². The van der Waals surface area contributed by atoms with Gasteiger partial charge in [-0.05, 0) is 55.7 Å². The smallest absolute Gasteiger partial charge is 0.258 e. The Kier molecular flexibility index (Phi) is 6.82. The minimum atomic E-state index is -0.234. The van der Waals surface area contributed by atoms with Crippen LogP contribution in [0.5, 0.6) is 5.75 Å². The fourth-order valence-corrected chi connectivity index (χ4v) is 4.76. The van der Waals surface area contributed by atoms with Crippen molar-refractivity contribution < 1.29 is 9.26 Å². The molecule has 3 aromatic carbocycles. The molecule has 0 amide bonds. The van der Waals surface area contributed by atoms with Crippen LogP contribution in [0.15, 0.2) is 89.1 Å². The Bertz CT molecular complexity index is 1380. The second-order valence-electron chi connectivity index (χ2n) is 8.83. The van der Waals surface area contributed by atoms with Crippen molar-refractivity contribution in [3.8, 4) is 17.1 Å². The van der Waals surface area contributed by atoms with Crippen molar-refractivity contribution in [1.82, 2.24) is 20.4 Å². The summed E-state index contributed by atoms with van der Waals surface area (Å²) in [5.41, 5.74) is 6.29. The maximum Gasteiger partial charge on any atom is 0.258 e. The van der Waals surface area contributed by atoms with Gasteiger partial charge in [-0.25, -0.2) is 0 Å². The van der Waals surface area contributed by atoms with E-state index in [1.54, 1.807) is 7.11 Å². The van der Waals surface area contributed by atoms with Crippen LogP contribution < -0.4 is 10.1 Å². The molecule has 4 aromatic rings. The van der Waals surface area contributed by atoms with E-state index in [-0.39, 0.29) is 6.04 Å². The highest BCUT2D eigenvalue weighted by molar-refractivity contribution is 7.80. The summed E-state index contributed by atoms with van der Waals surface area (Å²) >= 11 is 5.83. The van der Waals surface area contributed by atoms with E-state index < -0.39 is 0 Å². The number of aromatic nitrogens is 2. The number of nitrogens with zero attached hydrogens (tertiary/aromatic N) is 3. The highest BCUT2D eigenvalue weighted by Crippen LogP contribution is 2.38. The molecule has 0 bridgehead atoms. The molecule has 1 aliphatic heterocycles. The van der Waals surface area contributed by atoms with Crippen LogP contribution in [-0.2, 0) is 6.42 Å². The zero-order chi connectivity index (χ0) is 25.1. The average Bonchev–Trinajstić information content (AvgIpc) is 3.39. The average molecular weight is 497 g/mol. The molecule has 5 rings (SSSR count). The molecule has 1 unspecified atom stereocenters. The Morgan fingerprint density at radius 3 is 2.39 bits per heavy atom. The maximum absolute atomic E-state index is 5.85. The lowest BCUT2D eigenvalue weighted by Crippen LogP contribution is -2.46. The van der Waals surface area contributed by atoms with Gasteiger partial charge in [-0.2, -0.15) is 4.98 Å². The van der Waals surface area contributed by atoms with Crippen molar-refractivity contribution in [2.45, 2.75) is 26.3 Å². The Morgan fingerprint density at radius 2 is 1.69 bits per heavy atom. The Balaban J connectivity index is 1.54. The SMILES string of the molecule is COc1ccc(C2NC(=S)N(CCc3ccccc3)C(C)=C2c2nc(-c3ccc(C)cc3)no2)cc1. The first kappa shape index (κ1) is 23.8. The fraction of sp³-hybridized carbons (Fsp3) is 0.207. The number of hydrogen-bond donors (Lipinski definition) is 1. The molecule has 7 heteroatoms. The minimum Gasteiger partial charge on any atom is -0.497 e. The molecule has 6 nitrogen and oxygen atoms in total. The molecule has 0 saturated carbocycles. The predicted molar refractivity (Wildman–Crippen MR) is 145 cm³/mol. The lowest BCUT2D eigenvalue weighted by molar-refractivity contribution is 0.397. The van der Waals surface area contributed by atoms with Gasteiger partial charge in [0.05, 0.1) is 18.7 Å². The first-order valence-electron chi connectivity index (χ1n) is 11.9. The molecule has 1 atom stereocenters. The highest BCUT2D eigenvalue weighted by Gasteiger charge is 2.34. The van der Waals surface area contributed by atoms with Crippen LogP contribution in [0.2, 0.25) is 0 Å². The predicted octanol–water partition coefficient (Wildman–Crippen LogP) is 5.96. The molecule has 1 N–H and O–H groups in total. The van der Waals surface area contributed by atoms with E-state index in [0.717, 1.165) is 41.1 Å². The number of allylic oxidation sites excluding steroid dienone is 1. The fourth-order valence-electron chi connectivity index (χ4n) is 4.41. The Hall–Kier alpha value is -3.97. The number of methoxy groups -OCH3 is 1. The van der Waals surface area contributed by atoms with Crippen LogP contribution in [0.4, 0.5) is 0 Å². The van der Waals surface area contributed by atoms with Gasteiger partial charge in [-0.15, -0.1) is 0 Å². The van der Waals surface area contributed by atoms with Crippen LogP contribution in [0.3, 0.4) is 0 Å². The van der Waals surface area contributed by atoms with Crippen molar-refractivity contribution in [1.29, 1.82) is 0 Å². The van der Waals surface area contributed by atoms with Crippen LogP contribution in [0.1, 0.15) is 35.5 Å². The van der Waals surface area contributed by atoms with Gasteiger partial charge in [0.2, 0.25) is 5.82 Å². The first-order valence-corrected chi connectivity index (χ1v) is 12.3. The normalized spacial score (nSPS) is 15.7. The lowest BCUT2D eigenvalue weighted by atomic mass is 9.94. The summed E-state index contributed by atoms with van der Waals surface area (Å²) in [7, 11) is 1.66. The molecule has 182 valence electrons. The van der Waals surface area contributed by atoms with Gasteiger partial charge in [-0.1, -0.05) is 77.5 Å². The molecular weight excluding hydrogens is 468 g/mol. The van der Waals surface area contributed by atoms with E-state index in [4.69, 9.17) is 26.5 Å². The van der Waals surface area contributed by atoms with Gasteiger partial charge in [0.15, 0.2) is 5.11 Å². The minimum absolute atomic E-state index is 0.234. The Labute approximate surface area is 216 Å². The summed E-state index contributed by atoms with van der Waals surface area (Å²) in [5.74, 6) is 1.83. The Morgan fingerprint density at radius 1 is 0.972 bits per heavy atom. The monoisotopic (exact) mass is 496 g/mol. The second kappa shape index (κ2) is 10.3. The number of nitrogens with one attached hydrogen (secondary N) is 1. The number of aryl methyl sites for hydroxylation is 1. The first-order chi connectivity index (χ1) is 17.5. The molecule has 0 aliphatic carbocycles. The number of rotatable bonds is 7. The summed E-state index contributed by atoms with van der Waals surface area (Å²) in [6, 6.07) is 26.2. The number of hydrogen-bond acceptors (Lipinski definition) is 5. The molecular formula is C29H28N4O2S. The van der Waals surface area contributed by atoms with E-state index in [0.29, 0.717) is 16.8 Å². The molecule has 2 heterocycles.